The third kappa shape index (κ3) is 30.0. The minimum atomic E-state index is -0.499. The standard InChI is InChI=1S/C15H30O3.C11H23O.Sn/c1-3-5-7-9-11-13-17-15(16)18-14-12-10-8-6-4-2;1-3-5-7-8-10-11(12)9-6-4-2;/h3-14H2,1-2H3;11H,3-10H2,1-2H3;/q;-1;+1. The molecule has 0 saturated heterocycles. The van der Waals surface area contributed by atoms with E-state index in [9.17, 15) is 4.79 Å². The van der Waals surface area contributed by atoms with Gasteiger partial charge in [-0.2, -0.15) is 0 Å². The maximum absolute atomic E-state index is 11.2. The van der Waals surface area contributed by atoms with Crippen LogP contribution in [-0.2, 0) is 12.5 Å². The van der Waals surface area contributed by atoms with Crippen molar-refractivity contribution in [3.05, 3.63) is 0 Å². The molecule has 0 saturated carbocycles. The quantitative estimate of drug-likeness (QED) is 0.0818. The SMILES string of the molecule is CCCCCCC(CCCC)[O][Sn].CCCCCCCOC(=O)OCCCCCCC. The Morgan fingerprint density at radius 1 is 0.581 bits per heavy atom. The van der Waals surface area contributed by atoms with Gasteiger partial charge in [-0.25, -0.2) is 4.79 Å². The van der Waals surface area contributed by atoms with Gasteiger partial charge in [0.05, 0.1) is 13.2 Å². The Labute approximate surface area is 208 Å². The van der Waals surface area contributed by atoms with Gasteiger partial charge in [0.1, 0.15) is 0 Å². The van der Waals surface area contributed by atoms with E-state index >= 15 is 0 Å². The van der Waals surface area contributed by atoms with E-state index in [0.29, 0.717) is 19.3 Å². The molecule has 0 aliphatic heterocycles. The van der Waals surface area contributed by atoms with E-state index in [1.165, 1.54) is 113 Å². The van der Waals surface area contributed by atoms with Crippen LogP contribution in [0.1, 0.15) is 143 Å². The van der Waals surface area contributed by atoms with E-state index in [-0.39, 0.29) is 0 Å². The molecule has 4 nitrogen and oxygen atoms in total. The second-order valence-corrected chi connectivity index (χ2v) is 9.18. The Morgan fingerprint density at radius 2 is 0.968 bits per heavy atom. The summed E-state index contributed by atoms with van der Waals surface area (Å²) in [5.74, 6) is 0. The predicted octanol–water partition coefficient (Wildman–Crippen LogP) is 8.70. The van der Waals surface area contributed by atoms with Crippen LogP contribution in [0.25, 0.3) is 0 Å². The van der Waals surface area contributed by atoms with Crippen LogP contribution in [0, 0.1) is 0 Å². The van der Waals surface area contributed by atoms with E-state index in [4.69, 9.17) is 12.5 Å². The summed E-state index contributed by atoms with van der Waals surface area (Å²) in [5.41, 5.74) is 0. The van der Waals surface area contributed by atoms with Crippen molar-refractivity contribution in [3.8, 4) is 0 Å². The first kappa shape index (κ1) is 33.2. The van der Waals surface area contributed by atoms with E-state index in [0.717, 1.165) is 25.7 Å². The van der Waals surface area contributed by atoms with Gasteiger partial charge in [0.2, 0.25) is 0 Å². The molecule has 0 rings (SSSR count). The van der Waals surface area contributed by atoms with Gasteiger partial charge >= 0.3 is 103 Å². The molecule has 0 bridgehead atoms. The Kier molecular flexibility index (Phi) is 32.2. The molecule has 0 amide bonds. The van der Waals surface area contributed by atoms with Crippen LogP contribution < -0.4 is 0 Å². The van der Waals surface area contributed by atoms with Crippen LogP contribution in [0.3, 0.4) is 0 Å². The molecule has 1 atom stereocenters. The van der Waals surface area contributed by atoms with E-state index in [1.54, 1.807) is 0 Å². The first-order chi connectivity index (χ1) is 15.2. The number of hydrogen-bond acceptors (Lipinski definition) is 4. The first-order valence-corrected chi connectivity index (χ1v) is 14.4. The smallest absolute Gasteiger partial charge is 0.434 e. The summed E-state index contributed by atoms with van der Waals surface area (Å²) in [6.07, 6.45) is 22.3. The average Bonchev–Trinajstić information content (AvgIpc) is 2.78. The number of carbonyl (C=O) groups excluding carboxylic acids is 1. The van der Waals surface area contributed by atoms with Gasteiger partial charge in [-0.15, -0.1) is 0 Å². The monoisotopic (exact) mass is 549 g/mol. The van der Waals surface area contributed by atoms with Crippen molar-refractivity contribution < 1.29 is 17.3 Å². The van der Waals surface area contributed by atoms with Crippen molar-refractivity contribution in [2.45, 2.75) is 149 Å². The fourth-order valence-electron chi connectivity index (χ4n) is 3.26. The van der Waals surface area contributed by atoms with Crippen LogP contribution in [0.15, 0.2) is 0 Å². The van der Waals surface area contributed by atoms with Crippen LogP contribution in [0.2, 0.25) is 0 Å². The van der Waals surface area contributed by atoms with Gasteiger partial charge in [-0.1, -0.05) is 65.2 Å². The summed E-state index contributed by atoms with van der Waals surface area (Å²) in [5, 5.41) is 0. The third-order valence-electron chi connectivity index (χ3n) is 5.36. The van der Waals surface area contributed by atoms with E-state index in [2.05, 4.69) is 27.7 Å². The fraction of sp³-hybridized carbons (Fsp3) is 0.962. The molecular formula is C26H53O4Sn. The van der Waals surface area contributed by atoms with Crippen LogP contribution in [0.4, 0.5) is 4.79 Å². The second-order valence-electron chi connectivity index (χ2n) is 8.51. The largest absolute Gasteiger partial charge is 0.508 e. The minimum Gasteiger partial charge on any atom is -0.434 e. The molecule has 3 radical (unpaired) electrons. The summed E-state index contributed by atoms with van der Waals surface area (Å²) >= 11 is 1.24. The number of rotatable bonds is 21. The molecule has 0 spiro atoms. The van der Waals surface area contributed by atoms with E-state index < -0.39 is 6.16 Å². The molecule has 0 fully saturated rings. The number of hydrogen-bond donors (Lipinski definition) is 0. The molecule has 0 heterocycles. The fourth-order valence-corrected chi connectivity index (χ4v) is 3.93. The number of ether oxygens (including phenoxy) is 2. The maximum Gasteiger partial charge on any atom is 0.508 e. The zero-order chi connectivity index (χ0) is 23.4. The van der Waals surface area contributed by atoms with Crippen molar-refractivity contribution in [2.24, 2.45) is 0 Å². The predicted molar refractivity (Wildman–Crippen MR) is 134 cm³/mol. The van der Waals surface area contributed by atoms with Gasteiger partial charge in [-0.05, 0) is 12.8 Å². The first-order valence-electron chi connectivity index (χ1n) is 13.3. The zero-order valence-corrected chi connectivity index (χ0v) is 24.2. The van der Waals surface area contributed by atoms with Crippen LogP contribution in [0.5, 0.6) is 0 Å². The van der Waals surface area contributed by atoms with E-state index in [1.807, 2.05) is 0 Å². The summed E-state index contributed by atoms with van der Waals surface area (Å²) in [4.78, 5) is 11.2. The van der Waals surface area contributed by atoms with Gasteiger partial charge in [0.25, 0.3) is 0 Å². The Balaban J connectivity index is 0. The van der Waals surface area contributed by atoms with Crippen molar-refractivity contribution in [2.75, 3.05) is 13.2 Å². The molecule has 0 N–H and O–H groups in total. The minimum absolute atomic E-state index is 0.498. The van der Waals surface area contributed by atoms with Gasteiger partial charge in [0, 0.05) is 0 Å². The van der Waals surface area contributed by atoms with Crippen molar-refractivity contribution in [1.82, 2.24) is 0 Å². The van der Waals surface area contributed by atoms with Crippen LogP contribution in [-0.4, -0.2) is 48.4 Å². The van der Waals surface area contributed by atoms with Gasteiger partial charge in [-0.3, -0.25) is 0 Å². The Hall–Kier alpha value is 0.0287. The molecule has 0 aliphatic rings. The topological polar surface area (TPSA) is 44.8 Å². The Bertz CT molecular complexity index is 321. The number of unbranched alkanes of at least 4 members (excludes halogenated alkanes) is 12. The summed E-state index contributed by atoms with van der Waals surface area (Å²) in [7, 11) is 0. The molecular weight excluding hydrogens is 495 g/mol. The molecule has 1 unspecified atom stereocenters. The van der Waals surface area contributed by atoms with Crippen molar-refractivity contribution >= 4 is 29.1 Å². The molecule has 185 valence electrons. The molecule has 31 heavy (non-hydrogen) atoms. The van der Waals surface area contributed by atoms with Crippen molar-refractivity contribution in [1.29, 1.82) is 0 Å². The maximum atomic E-state index is 11.2. The normalized spacial score (nSPS) is 11.5. The van der Waals surface area contributed by atoms with Crippen molar-refractivity contribution in [3.63, 3.8) is 0 Å². The number of carbonyl (C=O) groups is 1. The molecule has 5 heteroatoms. The molecule has 0 aromatic carbocycles. The summed E-state index contributed by atoms with van der Waals surface area (Å²) < 4.78 is 15.5. The molecule has 0 aromatic heterocycles. The van der Waals surface area contributed by atoms with Gasteiger partial charge < -0.3 is 9.47 Å². The molecule has 0 aromatic rings. The molecule has 0 aliphatic carbocycles. The summed E-state index contributed by atoms with van der Waals surface area (Å²) in [6.45, 7) is 9.88. The second kappa shape index (κ2) is 30.0. The van der Waals surface area contributed by atoms with Crippen LogP contribution >= 0.6 is 0 Å². The zero-order valence-electron chi connectivity index (χ0n) is 21.4. The van der Waals surface area contributed by atoms with Gasteiger partial charge in [0.15, 0.2) is 0 Å². The Morgan fingerprint density at radius 3 is 1.39 bits per heavy atom. The average molecular weight is 548 g/mol. The third-order valence-corrected chi connectivity index (χ3v) is 6.31. The summed E-state index contributed by atoms with van der Waals surface area (Å²) in [6, 6.07) is 0.